The fourth-order valence-corrected chi connectivity index (χ4v) is 1.39. The maximum absolute atomic E-state index is 12.3. The number of halogens is 5. The van der Waals surface area contributed by atoms with E-state index in [2.05, 4.69) is 0 Å². The van der Waals surface area contributed by atoms with Gasteiger partial charge in [0.05, 0.1) is 5.88 Å². The van der Waals surface area contributed by atoms with Crippen LogP contribution in [0.25, 0.3) is 0 Å². The zero-order valence-corrected chi connectivity index (χ0v) is 9.56. The number of hydrogen-bond acceptors (Lipinski definition) is 1. The smallest absolute Gasteiger partial charge is 0.397 e. The zero-order valence-electron chi connectivity index (χ0n) is 8.81. The first kappa shape index (κ1) is 14.1. The highest BCUT2D eigenvalue weighted by atomic mass is 35.5. The molecular formula is C11H11ClF4O. The van der Waals surface area contributed by atoms with Crippen LogP contribution in [0, 0.1) is 5.92 Å². The molecule has 0 N–H and O–H groups in total. The molecule has 1 unspecified atom stereocenters. The second-order valence-electron chi connectivity index (χ2n) is 3.45. The summed E-state index contributed by atoms with van der Waals surface area (Å²) >= 11 is 5.59. The summed E-state index contributed by atoms with van der Waals surface area (Å²) < 4.78 is 54.0. The van der Waals surface area contributed by atoms with Crippen molar-refractivity contribution in [3.8, 4) is 5.75 Å². The quantitative estimate of drug-likeness (QED) is 0.581. The van der Waals surface area contributed by atoms with Gasteiger partial charge in [-0.25, -0.2) is 0 Å². The largest absolute Gasteiger partial charge is 0.493 e. The van der Waals surface area contributed by atoms with Gasteiger partial charge >= 0.3 is 6.18 Å². The van der Waals surface area contributed by atoms with Gasteiger partial charge in [0, 0.05) is 5.56 Å². The minimum Gasteiger partial charge on any atom is -0.493 e. The molecule has 0 saturated heterocycles. The fourth-order valence-electron chi connectivity index (χ4n) is 1.17. The van der Waals surface area contributed by atoms with Crippen molar-refractivity contribution < 1.29 is 22.3 Å². The number of hydrogen-bond donors (Lipinski definition) is 0. The molecule has 6 heteroatoms. The Kier molecular flexibility index (Phi) is 5.05. The van der Waals surface area contributed by atoms with E-state index >= 15 is 0 Å². The van der Waals surface area contributed by atoms with Crippen LogP contribution in [-0.2, 0) is 5.88 Å². The molecule has 0 spiro atoms. The van der Waals surface area contributed by atoms with E-state index in [9.17, 15) is 17.6 Å². The predicted molar refractivity (Wildman–Crippen MR) is 57.0 cm³/mol. The van der Waals surface area contributed by atoms with E-state index in [0.29, 0.717) is 5.56 Å². The molecule has 96 valence electrons. The minimum absolute atomic E-state index is 0.127. The van der Waals surface area contributed by atoms with Crippen LogP contribution in [-0.4, -0.2) is 19.5 Å². The second kappa shape index (κ2) is 6.10. The lowest BCUT2D eigenvalue weighted by atomic mass is 10.2. The van der Waals surface area contributed by atoms with E-state index in [1.165, 1.54) is 6.07 Å². The number of para-hydroxylation sites is 1. The molecule has 0 bridgehead atoms. The fraction of sp³-hybridized carbons (Fsp3) is 0.455. The standard InChI is InChI=1S/C11H11ClF4O/c12-5-8-3-1-2-4-10(8)17-7-9(6-13)11(14,15)16/h1-4,9H,5-7H2. The molecule has 1 aromatic carbocycles. The Morgan fingerprint density at radius 1 is 1.24 bits per heavy atom. The summed E-state index contributed by atoms with van der Waals surface area (Å²) in [4.78, 5) is 0. The highest BCUT2D eigenvalue weighted by molar-refractivity contribution is 6.17. The molecule has 0 aliphatic heterocycles. The summed E-state index contributed by atoms with van der Waals surface area (Å²) in [5.41, 5.74) is 0.578. The van der Waals surface area contributed by atoms with Crippen LogP contribution >= 0.6 is 11.6 Å². The van der Waals surface area contributed by atoms with Gasteiger partial charge in [-0.05, 0) is 6.07 Å². The van der Waals surface area contributed by atoms with Crippen LogP contribution in [0.3, 0.4) is 0 Å². The molecule has 0 aromatic heterocycles. The molecular weight excluding hydrogens is 260 g/mol. The number of ether oxygens (including phenoxy) is 1. The Morgan fingerprint density at radius 3 is 2.41 bits per heavy atom. The van der Waals surface area contributed by atoms with Crippen molar-refractivity contribution >= 4 is 11.6 Å². The normalized spacial score (nSPS) is 13.5. The lowest BCUT2D eigenvalue weighted by Gasteiger charge is -2.18. The highest BCUT2D eigenvalue weighted by Crippen LogP contribution is 2.28. The second-order valence-corrected chi connectivity index (χ2v) is 3.71. The van der Waals surface area contributed by atoms with Crippen molar-refractivity contribution in [1.29, 1.82) is 0 Å². The summed E-state index contributed by atoms with van der Waals surface area (Å²) in [6.45, 7) is -2.24. The van der Waals surface area contributed by atoms with Crippen LogP contribution in [0.15, 0.2) is 24.3 Å². The van der Waals surface area contributed by atoms with Gasteiger partial charge < -0.3 is 4.74 Å². The van der Waals surface area contributed by atoms with Gasteiger partial charge in [-0.3, -0.25) is 4.39 Å². The molecule has 1 atom stereocenters. The van der Waals surface area contributed by atoms with Crippen LogP contribution in [0.1, 0.15) is 5.56 Å². The number of alkyl halides is 5. The van der Waals surface area contributed by atoms with E-state index < -0.39 is 25.4 Å². The van der Waals surface area contributed by atoms with Gasteiger partial charge in [0.25, 0.3) is 0 Å². The van der Waals surface area contributed by atoms with Crippen molar-refractivity contribution in [2.45, 2.75) is 12.1 Å². The first-order valence-corrected chi connectivity index (χ1v) is 5.41. The molecule has 0 aliphatic carbocycles. The molecule has 0 heterocycles. The molecule has 0 amide bonds. The molecule has 0 fully saturated rings. The van der Waals surface area contributed by atoms with Crippen molar-refractivity contribution in [2.75, 3.05) is 13.3 Å². The molecule has 1 rings (SSSR count). The minimum atomic E-state index is -4.59. The lowest BCUT2D eigenvalue weighted by molar-refractivity contribution is -0.185. The van der Waals surface area contributed by atoms with E-state index in [-0.39, 0.29) is 11.6 Å². The monoisotopic (exact) mass is 270 g/mol. The Hall–Kier alpha value is -0.970. The maximum atomic E-state index is 12.3. The van der Waals surface area contributed by atoms with Gasteiger partial charge in [0.1, 0.15) is 24.9 Å². The lowest BCUT2D eigenvalue weighted by Crippen LogP contribution is -2.30. The first-order chi connectivity index (χ1) is 7.99. The van der Waals surface area contributed by atoms with Crippen molar-refractivity contribution in [3.05, 3.63) is 29.8 Å². The van der Waals surface area contributed by atoms with Gasteiger partial charge in [-0.2, -0.15) is 13.2 Å². The van der Waals surface area contributed by atoms with E-state index in [0.717, 1.165) is 0 Å². The predicted octanol–water partition coefficient (Wildman–Crippen LogP) is 3.95. The van der Waals surface area contributed by atoms with Crippen molar-refractivity contribution in [3.63, 3.8) is 0 Å². The molecule has 1 nitrogen and oxygen atoms in total. The Morgan fingerprint density at radius 2 is 1.88 bits per heavy atom. The Balaban J connectivity index is 2.66. The third kappa shape index (κ3) is 4.07. The summed E-state index contributed by atoms with van der Waals surface area (Å²) in [7, 11) is 0. The number of rotatable bonds is 5. The van der Waals surface area contributed by atoms with Crippen LogP contribution in [0.2, 0.25) is 0 Å². The third-order valence-corrected chi connectivity index (χ3v) is 2.49. The molecule has 17 heavy (non-hydrogen) atoms. The van der Waals surface area contributed by atoms with E-state index in [4.69, 9.17) is 16.3 Å². The van der Waals surface area contributed by atoms with Crippen LogP contribution < -0.4 is 4.74 Å². The molecule has 1 aromatic rings. The van der Waals surface area contributed by atoms with Crippen molar-refractivity contribution in [1.82, 2.24) is 0 Å². The topological polar surface area (TPSA) is 9.23 Å². The van der Waals surface area contributed by atoms with Gasteiger partial charge in [0.2, 0.25) is 0 Å². The van der Waals surface area contributed by atoms with Crippen LogP contribution in [0.4, 0.5) is 17.6 Å². The number of benzene rings is 1. The Labute approximate surface area is 101 Å². The third-order valence-electron chi connectivity index (χ3n) is 2.21. The first-order valence-electron chi connectivity index (χ1n) is 4.88. The van der Waals surface area contributed by atoms with Gasteiger partial charge in [0.15, 0.2) is 0 Å². The zero-order chi connectivity index (χ0) is 12.9. The van der Waals surface area contributed by atoms with Gasteiger partial charge in [-0.15, -0.1) is 11.6 Å². The molecule has 0 aliphatic rings. The van der Waals surface area contributed by atoms with Gasteiger partial charge in [-0.1, -0.05) is 18.2 Å². The average molecular weight is 271 g/mol. The summed E-state index contributed by atoms with van der Waals surface area (Å²) in [5.74, 6) is -1.72. The van der Waals surface area contributed by atoms with E-state index in [1.807, 2.05) is 0 Å². The molecule has 0 saturated carbocycles. The SMILES string of the molecule is FCC(COc1ccccc1CCl)C(F)(F)F. The average Bonchev–Trinajstić information content (AvgIpc) is 2.28. The summed E-state index contributed by atoms with van der Waals surface area (Å²) in [5, 5.41) is 0. The Bertz CT molecular complexity index is 354. The molecule has 0 radical (unpaired) electrons. The summed E-state index contributed by atoms with van der Waals surface area (Å²) in [6, 6.07) is 6.45. The summed E-state index contributed by atoms with van der Waals surface area (Å²) in [6.07, 6.45) is -4.59. The highest BCUT2D eigenvalue weighted by Gasteiger charge is 2.40. The van der Waals surface area contributed by atoms with Crippen molar-refractivity contribution in [2.24, 2.45) is 5.92 Å². The van der Waals surface area contributed by atoms with E-state index in [1.54, 1.807) is 18.2 Å². The maximum Gasteiger partial charge on any atom is 0.397 e. The van der Waals surface area contributed by atoms with Crippen LogP contribution in [0.5, 0.6) is 5.75 Å².